The lowest BCUT2D eigenvalue weighted by Crippen LogP contribution is -2.19. The lowest BCUT2D eigenvalue weighted by Gasteiger charge is -2.12. The van der Waals surface area contributed by atoms with Crippen molar-refractivity contribution >= 4 is 17.7 Å². The number of thioether (sulfide) groups is 1. The van der Waals surface area contributed by atoms with E-state index in [0.717, 1.165) is 16.5 Å². The topological polar surface area (TPSA) is 73.8 Å². The van der Waals surface area contributed by atoms with Crippen LogP contribution < -0.4 is 5.73 Å². The monoisotopic (exact) mass is 288 g/mol. The van der Waals surface area contributed by atoms with Crippen molar-refractivity contribution in [2.75, 3.05) is 0 Å². The molecule has 1 aromatic heterocycles. The maximum atomic E-state index is 11.7. The third-order valence-electron chi connectivity index (χ3n) is 3.40. The number of hydrogen-bond donors (Lipinski definition) is 1. The summed E-state index contributed by atoms with van der Waals surface area (Å²) in [5, 5.41) is 8.71. The Kier molecular flexibility index (Phi) is 3.48. The number of hydrogen-bond acceptors (Lipinski definition) is 4. The fraction of sp³-hybridized carbons (Fsp3) is 0.357. The summed E-state index contributed by atoms with van der Waals surface area (Å²) in [6.07, 6.45) is 2.35. The van der Waals surface area contributed by atoms with Crippen molar-refractivity contribution in [2.45, 2.75) is 29.2 Å². The molecule has 0 saturated heterocycles. The van der Waals surface area contributed by atoms with E-state index in [1.165, 1.54) is 24.6 Å². The van der Waals surface area contributed by atoms with Crippen LogP contribution in [0.2, 0.25) is 0 Å². The number of aromatic nitrogens is 3. The van der Waals surface area contributed by atoms with Crippen molar-refractivity contribution < 1.29 is 4.79 Å². The summed E-state index contributed by atoms with van der Waals surface area (Å²) in [6.45, 7) is 0. The molecule has 0 bridgehead atoms. The van der Waals surface area contributed by atoms with E-state index in [-0.39, 0.29) is 5.91 Å². The quantitative estimate of drug-likeness (QED) is 0.854. The van der Waals surface area contributed by atoms with Crippen LogP contribution in [0.5, 0.6) is 0 Å². The molecular weight excluding hydrogens is 272 g/mol. The Hall–Kier alpha value is -1.82. The predicted molar refractivity (Wildman–Crippen MR) is 77.2 cm³/mol. The Balaban J connectivity index is 1.85. The molecule has 1 aliphatic carbocycles. The normalized spacial score (nSPS) is 16.1. The second-order valence-corrected chi connectivity index (χ2v) is 6.06. The summed E-state index contributed by atoms with van der Waals surface area (Å²) in [4.78, 5) is 11.7. The standard InChI is InChI=1S/C14H16N4OS/c1-18-13(10-7-8-10)16-17-14(18)20-11(12(15)19)9-5-3-2-4-6-9/h2-6,10-11H,7-8H2,1H3,(H2,15,19). The zero-order valence-electron chi connectivity index (χ0n) is 11.2. The Morgan fingerprint density at radius 3 is 2.65 bits per heavy atom. The van der Waals surface area contributed by atoms with Crippen molar-refractivity contribution in [1.29, 1.82) is 0 Å². The molecule has 0 radical (unpaired) electrons. The molecule has 1 saturated carbocycles. The minimum Gasteiger partial charge on any atom is -0.368 e. The molecule has 1 unspecified atom stereocenters. The van der Waals surface area contributed by atoms with Crippen molar-refractivity contribution in [1.82, 2.24) is 14.8 Å². The molecule has 2 aromatic rings. The van der Waals surface area contributed by atoms with Gasteiger partial charge in [-0.1, -0.05) is 42.1 Å². The van der Waals surface area contributed by atoms with E-state index in [9.17, 15) is 4.79 Å². The molecule has 6 heteroatoms. The van der Waals surface area contributed by atoms with E-state index in [1.54, 1.807) is 0 Å². The van der Waals surface area contributed by atoms with Gasteiger partial charge in [0.15, 0.2) is 5.16 Å². The molecule has 3 rings (SSSR count). The average molecular weight is 288 g/mol. The highest BCUT2D eigenvalue weighted by Gasteiger charge is 2.30. The molecule has 1 heterocycles. The van der Waals surface area contributed by atoms with Gasteiger partial charge in [0.1, 0.15) is 11.1 Å². The van der Waals surface area contributed by atoms with Gasteiger partial charge in [0.2, 0.25) is 5.91 Å². The minimum atomic E-state index is -0.439. The Bertz CT molecular complexity index is 621. The van der Waals surface area contributed by atoms with Crippen molar-refractivity contribution in [3.8, 4) is 0 Å². The SMILES string of the molecule is Cn1c(SC(C(N)=O)c2ccccc2)nnc1C1CC1. The van der Waals surface area contributed by atoms with Gasteiger partial charge in [-0.2, -0.15) is 0 Å². The third kappa shape index (κ3) is 2.56. The third-order valence-corrected chi connectivity index (χ3v) is 4.70. The first-order valence-corrected chi connectivity index (χ1v) is 7.45. The average Bonchev–Trinajstić information content (AvgIpc) is 3.22. The summed E-state index contributed by atoms with van der Waals surface area (Å²) in [6, 6.07) is 9.52. The molecule has 2 N–H and O–H groups in total. The molecule has 0 aliphatic heterocycles. The second-order valence-electron chi connectivity index (χ2n) is 4.99. The van der Waals surface area contributed by atoms with Crippen LogP contribution in [0, 0.1) is 0 Å². The molecule has 1 aromatic carbocycles. The molecule has 20 heavy (non-hydrogen) atoms. The van der Waals surface area contributed by atoms with Gasteiger partial charge in [-0.15, -0.1) is 10.2 Å². The Morgan fingerprint density at radius 1 is 1.35 bits per heavy atom. The van der Waals surface area contributed by atoms with Crippen LogP contribution in [0.15, 0.2) is 35.5 Å². The lowest BCUT2D eigenvalue weighted by atomic mass is 10.1. The number of nitrogens with two attached hydrogens (primary N) is 1. The van der Waals surface area contributed by atoms with Crippen LogP contribution in [0.25, 0.3) is 0 Å². The largest absolute Gasteiger partial charge is 0.368 e. The maximum absolute atomic E-state index is 11.7. The van der Waals surface area contributed by atoms with Gasteiger partial charge in [0.25, 0.3) is 0 Å². The van der Waals surface area contributed by atoms with E-state index < -0.39 is 5.25 Å². The van der Waals surface area contributed by atoms with Crippen LogP contribution in [0.4, 0.5) is 0 Å². The molecule has 1 aliphatic rings. The zero-order chi connectivity index (χ0) is 14.1. The van der Waals surface area contributed by atoms with E-state index in [4.69, 9.17) is 5.73 Å². The van der Waals surface area contributed by atoms with Crippen molar-refractivity contribution in [3.05, 3.63) is 41.7 Å². The molecule has 1 atom stereocenters. The smallest absolute Gasteiger partial charge is 0.235 e. The summed E-state index contributed by atoms with van der Waals surface area (Å²) < 4.78 is 1.97. The number of carbonyl (C=O) groups is 1. The predicted octanol–water partition coefficient (Wildman–Crippen LogP) is 2.01. The number of rotatable bonds is 5. The van der Waals surface area contributed by atoms with Crippen LogP contribution >= 0.6 is 11.8 Å². The van der Waals surface area contributed by atoms with Crippen molar-refractivity contribution in [2.24, 2.45) is 12.8 Å². The van der Waals surface area contributed by atoms with E-state index in [2.05, 4.69) is 10.2 Å². The first kappa shape index (κ1) is 13.2. The first-order valence-electron chi connectivity index (χ1n) is 6.57. The lowest BCUT2D eigenvalue weighted by molar-refractivity contribution is -0.117. The summed E-state index contributed by atoms with van der Waals surface area (Å²) in [7, 11) is 1.94. The molecule has 1 amide bonds. The van der Waals surface area contributed by atoms with Crippen LogP contribution in [0.1, 0.15) is 35.4 Å². The Morgan fingerprint density at radius 2 is 2.05 bits per heavy atom. The molecular formula is C14H16N4OS. The van der Waals surface area contributed by atoms with E-state index >= 15 is 0 Å². The highest BCUT2D eigenvalue weighted by Crippen LogP contribution is 2.41. The number of nitrogens with zero attached hydrogens (tertiary/aromatic N) is 3. The van der Waals surface area contributed by atoms with Crippen LogP contribution in [-0.4, -0.2) is 20.7 Å². The van der Waals surface area contributed by atoms with Crippen LogP contribution in [0.3, 0.4) is 0 Å². The summed E-state index contributed by atoms with van der Waals surface area (Å²) in [5.41, 5.74) is 6.42. The van der Waals surface area contributed by atoms with Gasteiger partial charge in [-0.25, -0.2) is 0 Å². The van der Waals surface area contributed by atoms with Crippen LogP contribution in [-0.2, 0) is 11.8 Å². The van der Waals surface area contributed by atoms with Gasteiger partial charge in [0.05, 0.1) is 0 Å². The fourth-order valence-corrected chi connectivity index (χ4v) is 3.11. The number of benzene rings is 1. The fourth-order valence-electron chi connectivity index (χ4n) is 2.15. The van der Waals surface area contributed by atoms with E-state index in [0.29, 0.717) is 5.92 Å². The second kappa shape index (κ2) is 5.28. The molecule has 0 spiro atoms. The maximum Gasteiger partial charge on any atom is 0.235 e. The summed E-state index contributed by atoms with van der Waals surface area (Å²) in [5.74, 6) is 1.17. The zero-order valence-corrected chi connectivity index (χ0v) is 12.0. The van der Waals surface area contributed by atoms with E-state index in [1.807, 2.05) is 41.9 Å². The first-order chi connectivity index (χ1) is 9.66. The number of primary amides is 1. The molecule has 1 fully saturated rings. The van der Waals surface area contributed by atoms with Gasteiger partial charge in [-0.3, -0.25) is 4.79 Å². The Labute approximate surface area is 121 Å². The number of carbonyl (C=O) groups excluding carboxylic acids is 1. The highest BCUT2D eigenvalue weighted by atomic mass is 32.2. The molecule has 5 nitrogen and oxygen atoms in total. The van der Waals surface area contributed by atoms with Gasteiger partial charge in [0, 0.05) is 13.0 Å². The molecule has 104 valence electrons. The van der Waals surface area contributed by atoms with Gasteiger partial charge >= 0.3 is 0 Å². The van der Waals surface area contributed by atoms with Gasteiger partial charge in [-0.05, 0) is 18.4 Å². The minimum absolute atomic E-state index is 0.364. The number of amides is 1. The summed E-state index contributed by atoms with van der Waals surface area (Å²) >= 11 is 1.36. The van der Waals surface area contributed by atoms with Gasteiger partial charge < -0.3 is 10.3 Å². The highest BCUT2D eigenvalue weighted by molar-refractivity contribution is 8.00. The van der Waals surface area contributed by atoms with Crippen molar-refractivity contribution in [3.63, 3.8) is 0 Å².